The van der Waals surface area contributed by atoms with Crippen LogP contribution in [0.4, 0.5) is 4.39 Å². The minimum absolute atomic E-state index is 0.0421. The summed E-state index contributed by atoms with van der Waals surface area (Å²) >= 11 is 0. The molecule has 2 aromatic carbocycles. The van der Waals surface area contributed by atoms with E-state index in [1.54, 1.807) is 0 Å². The molecule has 6 heteroatoms. The van der Waals surface area contributed by atoms with Crippen molar-refractivity contribution < 1.29 is 18.9 Å². The number of quaternary nitrogens is 1. The molecule has 0 unspecified atom stereocenters. The van der Waals surface area contributed by atoms with E-state index in [9.17, 15) is 14.0 Å². The van der Waals surface area contributed by atoms with Crippen molar-refractivity contribution in [2.24, 2.45) is 5.92 Å². The number of nitrogens with zero attached hydrogens (tertiary/aromatic N) is 1. The third-order valence-corrected chi connectivity index (χ3v) is 5.64. The van der Waals surface area contributed by atoms with E-state index in [0.717, 1.165) is 19.6 Å². The van der Waals surface area contributed by atoms with Gasteiger partial charge in [-0.3, -0.25) is 9.59 Å². The molecule has 5 nitrogen and oxygen atoms in total. The van der Waals surface area contributed by atoms with E-state index in [-0.39, 0.29) is 17.7 Å². The number of amides is 2. The molecule has 0 bridgehead atoms. The summed E-state index contributed by atoms with van der Waals surface area (Å²) in [5.74, 6) is -0.838. The van der Waals surface area contributed by atoms with Gasteiger partial charge in [-0.25, -0.2) is 4.39 Å². The van der Waals surface area contributed by atoms with E-state index in [1.165, 1.54) is 40.3 Å². The van der Waals surface area contributed by atoms with Crippen LogP contribution in [-0.4, -0.2) is 48.9 Å². The number of hydrogen-bond acceptors (Lipinski definition) is 2. The Bertz CT molecular complexity index is 874. The molecule has 0 spiro atoms. The Kier molecular flexibility index (Phi) is 7.21. The highest BCUT2D eigenvalue weighted by Crippen LogP contribution is 2.10. The van der Waals surface area contributed by atoms with E-state index in [1.807, 2.05) is 18.7 Å². The van der Waals surface area contributed by atoms with Gasteiger partial charge in [0, 0.05) is 11.1 Å². The SMILES string of the molecule is Cc1cccc(C[NH+]2CCN(C(=O)[C@@H](NC(=O)c3ccc(F)cc3)C(C)C)CC2)c1. The molecule has 1 atom stereocenters. The predicted molar refractivity (Wildman–Crippen MR) is 115 cm³/mol. The van der Waals surface area contributed by atoms with Gasteiger partial charge < -0.3 is 15.1 Å². The van der Waals surface area contributed by atoms with E-state index in [0.29, 0.717) is 18.7 Å². The van der Waals surface area contributed by atoms with Gasteiger partial charge in [0.25, 0.3) is 5.91 Å². The molecule has 2 amide bonds. The van der Waals surface area contributed by atoms with E-state index in [2.05, 4.69) is 36.5 Å². The minimum Gasteiger partial charge on any atom is -0.340 e. The number of rotatable bonds is 6. The maximum Gasteiger partial charge on any atom is 0.251 e. The molecule has 0 radical (unpaired) electrons. The summed E-state index contributed by atoms with van der Waals surface area (Å²) in [6, 6.07) is 13.3. The van der Waals surface area contributed by atoms with E-state index in [4.69, 9.17) is 0 Å². The third kappa shape index (κ3) is 5.66. The van der Waals surface area contributed by atoms with Crippen molar-refractivity contribution in [2.75, 3.05) is 26.2 Å². The highest BCUT2D eigenvalue weighted by molar-refractivity contribution is 5.97. The molecule has 2 N–H and O–H groups in total. The van der Waals surface area contributed by atoms with Gasteiger partial charge in [0.2, 0.25) is 5.91 Å². The van der Waals surface area contributed by atoms with Gasteiger partial charge in [-0.1, -0.05) is 43.7 Å². The van der Waals surface area contributed by atoms with Crippen molar-refractivity contribution in [2.45, 2.75) is 33.4 Å². The van der Waals surface area contributed by atoms with E-state index < -0.39 is 11.9 Å². The zero-order chi connectivity index (χ0) is 21.7. The van der Waals surface area contributed by atoms with Crippen LogP contribution in [0.3, 0.4) is 0 Å². The average molecular weight is 413 g/mol. The first kappa shape index (κ1) is 22.0. The number of hydrogen-bond donors (Lipinski definition) is 2. The third-order valence-electron chi connectivity index (χ3n) is 5.64. The van der Waals surface area contributed by atoms with Gasteiger partial charge in [-0.2, -0.15) is 0 Å². The highest BCUT2D eigenvalue weighted by atomic mass is 19.1. The van der Waals surface area contributed by atoms with E-state index >= 15 is 0 Å². The fourth-order valence-corrected chi connectivity index (χ4v) is 3.87. The zero-order valence-corrected chi connectivity index (χ0v) is 18.0. The van der Waals surface area contributed by atoms with Crippen molar-refractivity contribution in [3.8, 4) is 0 Å². The fraction of sp³-hybridized carbons (Fsp3) is 0.417. The maximum atomic E-state index is 13.1. The number of carbonyl (C=O) groups excluding carboxylic acids is 2. The Labute approximate surface area is 177 Å². The minimum atomic E-state index is -0.596. The van der Waals surface area contributed by atoms with Crippen LogP contribution >= 0.6 is 0 Å². The summed E-state index contributed by atoms with van der Waals surface area (Å²) < 4.78 is 13.1. The van der Waals surface area contributed by atoms with Crippen molar-refractivity contribution in [3.05, 3.63) is 71.0 Å². The fourth-order valence-electron chi connectivity index (χ4n) is 3.87. The summed E-state index contributed by atoms with van der Waals surface area (Å²) in [4.78, 5) is 29.0. The van der Waals surface area contributed by atoms with Crippen molar-refractivity contribution in [3.63, 3.8) is 0 Å². The number of halogens is 1. The van der Waals surface area contributed by atoms with Gasteiger partial charge in [0.05, 0.1) is 26.2 Å². The lowest BCUT2D eigenvalue weighted by Crippen LogP contribution is -3.13. The van der Waals surface area contributed by atoms with Gasteiger partial charge in [0.1, 0.15) is 18.4 Å². The number of carbonyl (C=O) groups is 2. The lowest BCUT2D eigenvalue weighted by atomic mass is 10.0. The van der Waals surface area contributed by atoms with Gasteiger partial charge in [-0.15, -0.1) is 0 Å². The maximum absolute atomic E-state index is 13.1. The van der Waals surface area contributed by atoms with Crippen LogP contribution in [0.1, 0.15) is 35.3 Å². The zero-order valence-electron chi connectivity index (χ0n) is 18.0. The van der Waals surface area contributed by atoms with Crippen LogP contribution in [0.2, 0.25) is 0 Å². The van der Waals surface area contributed by atoms with Crippen LogP contribution < -0.4 is 10.2 Å². The normalized spacial score (nSPS) is 15.8. The topological polar surface area (TPSA) is 53.9 Å². The Morgan fingerprint density at radius 2 is 1.77 bits per heavy atom. The molecule has 3 rings (SSSR count). The molecule has 1 saturated heterocycles. The Morgan fingerprint density at radius 3 is 2.37 bits per heavy atom. The molecule has 1 aliphatic heterocycles. The Hall–Kier alpha value is -2.73. The smallest absolute Gasteiger partial charge is 0.251 e. The van der Waals surface area contributed by atoms with Crippen molar-refractivity contribution in [1.29, 1.82) is 0 Å². The molecule has 0 aromatic heterocycles. The number of piperazine rings is 1. The molecule has 0 aliphatic carbocycles. The Morgan fingerprint density at radius 1 is 1.10 bits per heavy atom. The quantitative estimate of drug-likeness (QED) is 0.761. The molecule has 30 heavy (non-hydrogen) atoms. The molecule has 1 fully saturated rings. The summed E-state index contributed by atoms with van der Waals surface area (Å²) in [6.45, 7) is 10.0. The molecule has 160 valence electrons. The largest absolute Gasteiger partial charge is 0.340 e. The monoisotopic (exact) mass is 412 g/mol. The van der Waals surface area contributed by atoms with Crippen LogP contribution in [0.5, 0.6) is 0 Å². The second kappa shape index (κ2) is 9.85. The van der Waals surface area contributed by atoms with Crippen LogP contribution in [-0.2, 0) is 11.3 Å². The number of nitrogens with one attached hydrogen (secondary N) is 2. The molecule has 1 aliphatic rings. The average Bonchev–Trinajstić information content (AvgIpc) is 2.72. The summed E-state index contributed by atoms with van der Waals surface area (Å²) in [7, 11) is 0. The summed E-state index contributed by atoms with van der Waals surface area (Å²) in [6.07, 6.45) is 0. The number of benzene rings is 2. The summed E-state index contributed by atoms with van der Waals surface area (Å²) in [5.41, 5.74) is 2.93. The summed E-state index contributed by atoms with van der Waals surface area (Å²) in [5, 5.41) is 2.85. The highest BCUT2D eigenvalue weighted by Gasteiger charge is 2.32. The second-order valence-corrected chi connectivity index (χ2v) is 8.44. The predicted octanol–water partition coefficient (Wildman–Crippen LogP) is 1.82. The van der Waals surface area contributed by atoms with Crippen molar-refractivity contribution in [1.82, 2.24) is 10.2 Å². The van der Waals surface area contributed by atoms with Crippen LogP contribution in [0, 0.1) is 18.7 Å². The molecular formula is C24H31FN3O2+. The molecule has 0 saturated carbocycles. The second-order valence-electron chi connectivity index (χ2n) is 8.44. The lowest BCUT2D eigenvalue weighted by Gasteiger charge is -2.35. The lowest BCUT2D eigenvalue weighted by molar-refractivity contribution is -0.917. The molecular weight excluding hydrogens is 381 g/mol. The Balaban J connectivity index is 1.57. The standard InChI is InChI=1S/C24H30FN3O2/c1-17(2)22(26-23(29)20-7-9-21(25)10-8-20)24(30)28-13-11-27(12-14-28)16-19-6-4-5-18(3)15-19/h4-10,15,17,22H,11-14,16H2,1-3H3,(H,26,29)/p+1/t22-/m0/s1. The van der Waals surface area contributed by atoms with Crippen LogP contribution in [0.15, 0.2) is 48.5 Å². The van der Waals surface area contributed by atoms with Gasteiger partial charge in [0.15, 0.2) is 0 Å². The molecule has 2 aromatic rings. The first-order valence-electron chi connectivity index (χ1n) is 10.6. The number of aryl methyl sites for hydroxylation is 1. The molecule has 1 heterocycles. The van der Waals surface area contributed by atoms with Gasteiger partial charge >= 0.3 is 0 Å². The van der Waals surface area contributed by atoms with Crippen LogP contribution in [0.25, 0.3) is 0 Å². The van der Waals surface area contributed by atoms with Crippen molar-refractivity contribution >= 4 is 11.8 Å². The first-order valence-corrected chi connectivity index (χ1v) is 10.6. The van der Waals surface area contributed by atoms with Gasteiger partial charge in [-0.05, 0) is 37.1 Å². The first-order chi connectivity index (χ1) is 14.3.